The number of nitrogens with two attached hydrogens (primary N) is 1. The minimum absolute atomic E-state index is 0.0734. The summed E-state index contributed by atoms with van der Waals surface area (Å²) < 4.78 is 13.2. The van der Waals surface area contributed by atoms with Gasteiger partial charge in [-0.1, -0.05) is 24.9 Å². The number of anilines is 1. The van der Waals surface area contributed by atoms with Crippen LogP contribution in [0.2, 0.25) is 5.02 Å². The van der Waals surface area contributed by atoms with Gasteiger partial charge in [-0.05, 0) is 31.0 Å². The predicted octanol–water partition coefficient (Wildman–Crippen LogP) is 2.30. The van der Waals surface area contributed by atoms with Gasteiger partial charge in [-0.2, -0.15) is 0 Å². The van der Waals surface area contributed by atoms with Gasteiger partial charge in [-0.15, -0.1) is 0 Å². The molecule has 0 spiro atoms. The molecule has 21 heavy (non-hydrogen) atoms. The van der Waals surface area contributed by atoms with Crippen molar-refractivity contribution in [3.05, 3.63) is 29.0 Å². The minimum atomic E-state index is -0.440. The van der Waals surface area contributed by atoms with E-state index in [9.17, 15) is 9.18 Å². The number of amides is 1. The largest absolute Gasteiger partial charge is 0.369 e. The number of nitrogens with zero attached hydrogens (tertiary/aromatic N) is 1. The summed E-state index contributed by atoms with van der Waals surface area (Å²) in [6.45, 7) is 3.49. The van der Waals surface area contributed by atoms with E-state index in [2.05, 4.69) is 10.2 Å². The fraction of sp³-hybridized carbons (Fsp3) is 0.533. The van der Waals surface area contributed by atoms with Gasteiger partial charge in [-0.25, -0.2) is 4.39 Å². The van der Waals surface area contributed by atoms with E-state index >= 15 is 0 Å². The average Bonchev–Trinajstić information content (AvgIpc) is 2.90. The van der Waals surface area contributed by atoms with Gasteiger partial charge in [0, 0.05) is 24.8 Å². The van der Waals surface area contributed by atoms with Crippen molar-refractivity contribution in [2.24, 2.45) is 5.73 Å². The van der Waals surface area contributed by atoms with E-state index in [-0.39, 0.29) is 17.0 Å². The molecule has 0 aromatic heterocycles. The Bertz CT molecular complexity index is 512. The first kappa shape index (κ1) is 16.0. The SMILES string of the molecule is CCCC(N)C(=O)NC1CCN(c2ccc(F)c(Cl)c2)C1. The normalized spacial score (nSPS) is 19.6. The highest BCUT2D eigenvalue weighted by molar-refractivity contribution is 6.31. The summed E-state index contributed by atoms with van der Waals surface area (Å²) in [6, 6.07) is 4.31. The molecule has 0 saturated carbocycles. The van der Waals surface area contributed by atoms with Crippen LogP contribution in [0.1, 0.15) is 26.2 Å². The third kappa shape index (κ3) is 4.08. The monoisotopic (exact) mass is 313 g/mol. The molecule has 1 aliphatic heterocycles. The van der Waals surface area contributed by atoms with Crippen LogP contribution in [0.5, 0.6) is 0 Å². The third-order valence-corrected chi connectivity index (χ3v) is 4.03. The zero-order valence-electron chi connectivity index (χ0n) is 12.1. The molecule has 2 unspecified atom stereocenters. The average molecular weight is 314 g/mol. The van der Waals surface area contributed by atoms with Crippen LogP contribution >= 0.6 is 11.6 Å². The summed E-state index contributed by atoms with van der Waals surface area (Å²) in [5.41, 5.74) is 6.67. The van der Waals surface area contributed by atoms with Gasteiger partial charge in [0.05, 0.1) is 11.1 Å². The first-order chi connectivity index (χ1) is 10.0. The quantitative estimate of drug-likeness (QED) is 0.877. The van der Waals surface area contributed by atoms with Crippen LogP contribution in [-0.2, 0) is 4.79 Å². The maximum absolute atomic E-state index is 13.2. The van der Waals surface area contributed by atoms with Crippen LogP contribution in [0.25, 0.3) is 0 Å². The Balaban J connectivity index is 1.91. The van der Waals surface area contributed by atoms with E-state index in [1.807, 2.05) is 6.92 Å². The summed E-state index contributed by atoms with van der Waals surface area (Å²) in [4.78, 5) is 14.0. The molecule has 1 amide bonds. The number of hydrogen-bond acceptors (Lipinski definition) is 3. The molecule has 1 heterocycles. The van der Waals surface area contributed by atoms with E-state index in [1.165, 1.54) is 6.07 Å². The number of benzene rings is 1. The van der Waals surface area contributed by atoms with Crippen LogP contribution in [0.4, 0.5) is 10.1 Å². The van der Waals surface area contributed by atoms with E-state index in [0.717, 1.165) is 25.1 Å². The summed E-state index contributed by atoms with van der Waals surface area (Å²) >= 11 is 5.80. The molecule has 1 aromatic carbocycles. The Hall–Kier alpha value is -1.33. The molecule has 116 valence electrons. The zero-order valence-corrected chi connectivity index (χ0v) is 12.9. The lowest BCUT2D eigenvalue weighted by molar-refractivity contribution is -0.123. The van der Waals surface area contributed by atoms with Gasteiger partial charge in [-0.3, -0.25) is 4.79 Å². The van der Waals surface area contributed by atoms with E-state index in [1.54, 1.807) is 12.1 Å². The Morgan fingerprint density at radius 3 is 3.05 bits per heavy atom. The third-order valence-electron chi connectivity index (χ3n) is 3.74. The molecule has 1 saturated heterocycles. The molecule has 1 fully saturated rings. The minimum Gasteiger partial charge on any atom is -0.369 e. The van der Waals surface area contributed by atoms with Crippen molar-refractivity contribution in [3.63, 3.8) is 0 Å². The number of hydrogen-bond donors (Lipinski definition) is 2. The van der Waals surface area contributed by atoms with Crippen LogP contribution in [-0.4, -0.2) is 31.1 Å². The summed E-state index contributed by atoms with van der Waals surface area (Å²) in [5, 5.41) is 3.09. The van der Waals surface area contributed by atoms with Gasteiger partial charge in [0.1, 0.15) is 5.82 Å². The molecule has 1 aliphatic rings. The molecule has 1 aromatic rings. The van der Waals surface area contributed by atoms with Crippen molar-refractivity contribution in [2.45, 2.75) is 38.3 Å². The van der Waals surface area contributed by atoms with Crippen LogP contribution < -0.4 is 16.0 Å². The number of carbonyl (C=O) groups is 1. The first-order valence-electron chi connectivity index (χ1n) is 7.27. The second-order valence-corrected chi connectivity index (χ2v) is 5.84. The van der Waals surface area contributed by atoms with Crippen molar-refractivity contribution >= 4 is 23.2 Å². The second-order valence-electron chi connectivity index (χ2n) is 5.43. The first-order valence-corrected chi connectivity index (χ1v) is 7.65. The lowest BCUT2D eigenvalue weighted by atomic mass is 10.1. The van der Waals surface area contributed by atoms with Gasteiger partial charge >= 0.3 is 0 Å². The smallest absolute Gasteiger partial charge is 0.237 e. The number of rotatable bonds is 5. The molecular formula is C15H21ClFN3O. The highest BCUT2D eigenvalue weighted by atomic mass is 35.5. The molecule has 0 aliphatic carbocycles. The maximum Gasteiger partial charge on any atom is 0.237 e. The predicted molar refractivity (Wildman–Crippen MR) is 83.1 cm³/mol. The zero-order chi connectivity index (χ0) is 15.4. The van der Waals surface area contributed by atoms with Crippen molar-refractivity contribution in [1.82, 2.24) is 5.32 Å². The number of nitrogens with one attached hydrogen (secondary N) is 1. The molecule has 2 atom stereocenters. The lowest BCUT2D eigenvalue weighted by Gasteiger charge is -2.20. The summed E-state index contributed by atoms with van der Waals surface area (Å²) in [5.74, 6) is -0.518. The fourth-order valence-corrected chi connectivity index (χ4v) is 2.72. The summed E-state index contributed by atoms with van der Waals surface area (Å²) in [6.07, 6.45) is 2.43. The number of carbonyl (C=O) groups excluding carboxylic acids is 1. The molecule has 4 nitrogen and oxygen atoms in total. The number of halogens is 2. The van der Waals surface area contributed by atoms with Crippen molar-refractivity contribution in [2.75, 3.05) is 18.0 Å². The van der Waals surface area contributed by atoms with E-state index in [4.69, 9.17) is 17.3 Å². The summed E-state index contributed by atoms with van der Waals surface area (Å²) in [7, 11) is 0. The van der Waals surface area contributed by atoms with Gasteiger partial charge in [0.2, 0.25) is 5.91 Å². The Kier molecular flexibility index (Phi) is 5.42. The Labute approximate surface area is 129 Å². The second kappa shape index (κ2) is 7.09. The molecule has 0 radical (unpaired) electrons. The van der Waals surface area contributed by atoms with Gasteiger partial charge in [0.25, 0.3) is 0 Å². The van der Waals surface area contributed by atoms with Crippen LogP contribution in [0.3, 0.4) is 0 Å². The Morgan fingerprint density at radius 1 is 1.62 bits per heavy atom. The van der Waals surface area contributed by atoms with Gasteiger partial charge < -0.3 is 16.0 Å². The van der Waals surface area contributed by atoms with Crippen molar-refractivity contribution < 1.29 is 9.18 Å². The topological polar surface area (TPSA) is 58.4 Å². The molecule has 0 bridgehead atoms. The van der Waals surface area contributed by atoms with Crippen LogP contribution in [0.15, 0.2) is 18.2 Å². The van der Waals surface area contributed by atoms with Gasteiger partial charge in [0.15, 0.2) is 0 Å². The van der Waals surface area contributed by atoms with Crippen molar-refractivity contribution in [1.29, 1.82) is 0 Å². The highest BCUT2D eigenvalue weighted by Crippen LogP contribution is 2.25. The Morgan fingerprint density at radius 2 is 2.38 bits per heavy atom. The van der Waals surface area contributed by atoms with Crippen molar-refractivity contribution in [3.8, 4) is 0 Å². The molecule has 3 N–H and O–H groups in total. The molecule has 6 heteroatoms. The highest BCUT2D eigenvalue weighted by Gasteiger charge is 2.26. The van der Waals surface area contributed by atoms with E-state index < -0.39 is 11.9 Å². The molecule has 2 rings (SSSR count). The van der Waals surface area contributed by atoms with Crippen LogP contribution in [0, 0.1) is 5.82 Å². The lowest BCUT2D eigenvalue weighted by Crippen LogP contribution is -2.46. The standard InChI is InChI=1S/C15H21ClFN3O/c1-2-3-14(18)15(21)19-10-6-7-20(9-10)11-4-5-13(17)12(16)8-11/h4-5,8,10,14H,2-3,6-7,9,18H2,1H3,(H,19,21). The maximum atomic E-state index is 13.2. The fourth-order valence-electron chi connectivity index (χ4n) is 2.54. The molecular weight excluding hydrogens is 293 g/mol. The van der Waals surface area contributed by atoms with E-state index in [0.29, 0.717) is 13.0 Å².